The summed E-state index contributed by atoms with van der Waals surface area (Å²) in [4.78, 5) is 11.8. The van der Waals surface area contributed by atoms with Gasteiger partial charge in [0.15, 0.2) is 5.78 Å². The third-order valence-electron chi connectivity index (χ3n) is 1.43. The lowest BCUT2D eigenvalue weighted by molar-refractivity contribution is 0.0961. The molecule has 0 amide bonds. The molecule has 0 saturated heterocycles. The summed E-state index contributed by atoms with van der Waals surface area (Å²) in [6.07, 6.45) is 0. The van der Waals surface area contributed by atoms with Crippen molar-refractivity contribution in [1.29, 1.82) is 5.26 Å². The Bertz CT molecular complexity index is 339. The van der Waals surface area contributed by atoms with Gasteiger partial charge in [0.2, 0.25) is 0 Å². The van der Waals surface area contributed by atoms with Gasteiger partial charge in [-0.3, -0.25) is 4.79 Å². The number of halogens is 1. The highest BCUT2D eigenvalue weighted by Gasteiger charge is 2.18. The van der Waals surface area contributed by atoms with Crippen molar-refractivity contribution in [2.24, 2.45) is 5.92 Å². The monoisotopic (exact) mass is 199 g/mol. The van der Waals surface area contributed by atoms with Gasteiger partial charge in [-0.25, -0.2) is 0 Å². The molecule has 0 spiro atoms. The number of rotatable bonds is 2. The highest BCUT2D eigenvalue weighted by Crippen LogP contribution is 2.24. The summed E-state index contributed by atoms with van der Waals surface area (Å²) < 4.78 is 0. The molecule has 1 atom stereocenters. The first kappa shape index (κ1) is 9.24. The lowest BCUT2D eigenvalue weighted by Gasteiger charge is -1.97. The number of nitrogens with zero attached hydrogens (tertiary/aromatic N) is 1. The molecule has 0 aliphatic heterocycles. The van der Waals surface area contributed by atoms with Crippen LogP contribution in [-0.4, -0.2) is 5.78 Å². The van der Waals surface area contributed by atoms with Gasteiger partial charge in [0.1, 0.15) is 5.92 Å². The summed E-state index contributed by atoms with van der Waals surface area (Å²) in [7, 11) is 0. The first-order chi connectivity index (χ1) is 5.66. The van der Waals surface area contributed by atoms with Crippen LogP contribution in [0.3, 0.4) is 0 Å². The van der Waals surface area contributed by atoms with Crippen LogP contribution in [0, 0.1) is 17.2 Å². The highest BCUT2D eigenvalue weighted by molar-refractivity contribution is 7.12. The minimum absolute atomic E-state index is 0.197. The summed E-state index contributed by atoms with van der Waals surface area (Å²) in [6.45, 7) is 1.57. The molecule has 1 unspecified atom stereocenters. The molecule has 0 aliphatic carbocycles. The van der Waals surface area contributed by atoms with E-state index in [0.717, 1.165) is 0 Å². The van der Waals surface area contributed by atoms with Crippen molar-refractivity contribution in [3.05, 3.63) is 21.3 Å². The van der Waals surface area contributed by atoms with Crippen LogP contribution in [0.5, 0.6) is 0 Å². The standard InChI is InChI=1S/C8H6ClNOS/c1-5(4-10)7(11)8-6(9)2-3-12-8/h2-3,5H,1H3. The first-order valence-electron chi connectivity index (χ1n) is 3.33. The van der Waals surface area contributed by atoms with E-state index in [-0.39, 0.29) is 5.78 Å². The SMILES string of the molecule is CC(C#N)C(=O)c1sccc1Cl. The molecule has 62 valence electrons. The molecule has 2 nitrogen and oxygen atoms in total. The largest absolute Gasteiger partial charge is 0.292 e. The Hall–Kier alpha value is -0.850. The molecule has 0 saturated carbocycles. The molecule has 0 aromatic carbocycles. The van der Waals surface area contributed by atoms with E-state index < -0.39 is 5.92 Å². The molecular formula is C8H6ClNOS. The highest BCUT2D eigenvalue weighted by atomic mass is 35.5. The van der Waals surface area contributed by atoms with Crippen LogP contribution in [0.2, 0.25) is 5.02 Å². The molecule has 1 aromatic heterocycles. The summed E-state index contributed by atoms with van der Waals surface area (Å²) >= 11 is 6.98. The van der Waals surface area contributed by atoms with E-state index in [1.54, 1.807) is 18.4 Å². The maximum atomic E-state index is 11.4. The maximum Gasteiger partial charge on any atom is 0.191 e. The summed E-state index contributed by atoms with van der Waals surface area (Å²) in [5, 5.41) is 10.7. The second-order valence-corrected chi connectivity index (χ2v) is 3.64. The van der Waals surface area contributed by atoms with Crippen molar-refractivity contribution in [2.45, 2.75) is 6.92 Å². The Morgan fingerprint density at radius 2 is 2.50 bits per heavy atom. The van der Waals surface area contributed by atoms with Gasteiger partial charge >= 0.3 is 0 Å². The molecule has 4 heteroatoms. The number of carbonyl (C=O) groups is 1. The molecule has 1 heterocycles. The Morgan fingerprint density at radius 1 is 1.83 bits per heavy atom. The molecule has 0 radical (unpaired) electrons. The molecule has 0 bridgehead atoms. The molecule has 0 fully saturated rings. The number of Topliss-reactive ketones (excluding diaryl/α,β-unsaturated/α-hetero) is 1. The topological polar surface area (TPSA) is 40.9 Å². The predicted molar refractivity (Wildman–Crippen MR) is 48.4 cm³/mol. The van der Waals surface area contributed by atoms with Crippen molar-refractivity contribution in [2.75, 3.05) is 0 Å². The van der Waals surface area contributed by atoms with E-state index >= 15 is 0 Å². The Balaban J connectivity index is 2.94. The summed E-state index contributed by atoms with van der Waals surface area (Å²) in [5.41, 5.74) is 0. The lowest BCUT2D eigenvalue weighted by Crippen LogP contribution is -2.07. The normalized spacial score (nSPS) is 12.1. The van der Waals surface area contributed by atoms with E-state index in [0.29, 0.717) is 9.90 Å². The number of hydrogen-bond donors (Lipinski definition) is 0. The van der Waals surface area contributed by atoms with Crippen molar-refractivity contribution < 1.29 is 4.79 Å². The lowest BCUT2D eigenvalue weighted by atomic mass is 10.1. The van der Waals surface area contributed by atoms with Gasteiger partial charge in [-0.05, 0) is 18.4 Å². The fourth-order valence-corrected chi connectivity index (χ4v) is 1.90. The summed E-state index contributed by atoms with van der Waals surface area (Å²) in [6, 6.07) is 3.53. The maximum absolute atomic E-state index is 11.4. The fraction of sp³-hybridized carbons (Fsp3) is 0.250. The van der Waals surface area contributed by atoms with Gasteiger partial charge < -0.3 is 0 Å². The average molecular weight is 200 g/mol. The van der Waals surface area contributed by atoms with Crippen LogP contribution in [0.4, 0.5) is 0 Å². The van der Waals surface area contributed by atoms with Gasteiger partial charge in [0.25, 0.3) is 0 Å². The molecule has 1 aromatic rings. The van der Waals surface area contributed by atoms with Gasteiger partial charge in [0, 0.05) is 0 Å². The molecule has 12 heavy (non-hydrogen) atoms. The van der Waals surface area contributed by atoms with Gasteiger partial charge in [-0.1, -0.05) is 11.6 Å². The number of thiophene rings is 1. The molecule has 1 rings (SSSR count). The van der Waals surface area contributed by atoms with E-state index in [4.69, 9.17) is 16.9 Å². The van der Waals surface area contributed by atoms with Crippen LogP contribution in [0.25, 0.3) is 0 Å². The first-order valence-corrected chi connectivity index (χ1v) is 4.59. The zero-order valence-electron chi connectivity index (χ0n) is 6.37. The third kappa shape index (κ3) is 1.66. The van der Waals surface area contributed by atoms with Gasteiger partial charge in [0.05, 0.1) is 16.0 Å². The number of carbonyl (C=O) groups excluding carboxylic acids is 1. The summed E-state index contributed by atoms with van der Waals surface area (Å²) in [5.74, 6) is -0.807. The molecule has 0 aliphatic rings. The van der Waals surface area contributed by atoms with Crippen molar-refractivity contribution in [1.82, 2.24) is 0 Å². The van der Waals surface area contributed by atoms with Crippen LogP contribution >= 0.6 is 22.9 Å². The van der Waals surface area contributed by atoms with E-state index in [9.17, 15) is 4.79 Å². The Morgan fingerprint density at radius 3 is 2.92 bits per heavy atom. The zero-order valence-corrected chi connectivity index (χ0v) is 7.95. The van der Waals surface area contributed by atoms with E-state index in [1.807, 2.05) is 6.07 Å². The van der Waals surface area contributed by atoms with Crippen LogP contribution in [-0.2, 0) is 0 Å². The number of ketones is 1. The molecule has 0 N–H and O–H groups in total. The van der Waals surface area contributed by atoms with Gasteiger partial charge in [-0.2, -0.15) is 5.26 Å². The van der Waals surface area contributed by atoms with E-state index in [1.165, 1.54) is 11.3 Å². The third-order valence-corrected chi connectivity index (χ3v) is 2.78. The average Bonchev–Trinajstić information content (AvgIpc) is 2.48. The van der Waals surface area contributed by atoms with Crippen LogP contribution in [0.1, 0.15) is 16.6 Å². The number of hydrogen-bond acceptors (Lipinski definition) is 3. The number of nitriles is 1. The predicted octanol–water partition coefficient (Wildman–Crippen LogP) is 2.74. The van der Waals surface area contributed by atoms with Crippen molar-refractivity contribution in [3.63, 3.8) is 0 Å². The second kappa shape index (κ2) is 3.70. The van der Waals surface area contributed by atoms with Gasteiger partial charge in [-0.15, -0.1) is 11.3 Å². The Labute approximate surface area is 79.4 Å². The van der Waals surface area contributed by atoms with Crippen LogP contribution < -0.4 is 0 Å². The van der Waals surface area contributed by atoms with Crippen molar-refractivity contribution in [3.8, 4) is 6.07 Å². The second-order valence-electron chi connectivity index (χ2n) is 2.31. The fourth-order valence-electron chi connectivity index (χ4n) is 0.725. The minimum Gasteiger partial charge on any atom is -0.292 e. The minimum atomic E-state index is -0.610. The zero-order chi connectivity index (χ0) is 9.14. The quantitative estimate of drug-likeness (QED) is 0.688. The molecular weight excluding hydrogens is 194 g/mol. The van der Waals surface area contributed by atoms with Crippen molar-refractivity contribution >= 4 is 28.7 Å². The van der Waals surface area contributed by atoms with E-state index in [2.05, 4.69) is 0 Å². The van der Waals surface area contributed by atoms with Crippen LogP contribution in [0.15, 0.2) is 11.4 Å². The smallest absolute Gasteiger partial charge is 0.191 e. The Kier molecular flexibility index (Phi) is 2.85.